The summed E-state index contributed by atoms with van der Waals surface area (Å²) in [4.78, 5) is 31.6. The molecule has 0 radical (unpaired) electrons. The monoisotopic (exact) mass is 432 g/mol. The molecule has 1 unspecified atom stereocenters. The number of aryl methyl sites for hydroxylation is 1. The highest BCUT2D eigenvalue weighted by Gasteiger charge is 2.58. The standard InChI is InChI=1S/C24H21FN4O3/c1-15-5-10-29(27-15)16-2-3-19(20(25)12-16)23(6-7-23)22(31)28-11-8-24(14-28)18-4-9-26-13-17(18)21(30)32-24/h2-5,9-10,12-13H,6-8,11,14H2,1H3. The van der Waals surface area contributed by atoms with Crippen LogP contribution in [0.25, 0.3) is 5.69 Å². The number of carbonyl (C=O) groups excluding carboxylic acids is 2. The molecule has 1 aromatic carbocycles. The van der Waals surface area contributed by atoms with Gasteiger partial charge in [0.15, 0.2) is 5.60 Å². The molecule has 3 aliphatic rings. The van der Waals surface area contributed by atoms with Crippen molar-refractivity contribution >= 4 is 11.9 Å². The summed E-state index contributed by atoms with van der Waals surface area (Å²) in [5.74, 6) is -0.910. The second-order valence-corrected chi connectivity index (χ2v) is 8.93. The van der Waals surface area contributed by atoms with E-state index in [9.17, 15) is 9.59 Å². The maximum absolute atomic E-state index is 15.2. The molecule has 0 bridgehead atoms. The Balaban J connectivity index is 1.28. The van der Waals surface area contributed by atoms with Crippen molar-refractivity contribution < 1.29 is 18.7 Å². The van der Waals surface area contributed by atoms with Gasteiger partial charge in [0.1, 0.15) is 5.82 Å². The number of ether oxygens (including phenoxy) is 1. The van der Waals surface area contributed by atoms with E-state index in [1.807, 2.05) is 13.0 Å². The number of nitrogens with zero attached hydrogens (tertiary/aromatic N) is 4. The zero-order valence-electron chi connectivity index (χ0n) is 17.5. The van der Waals surface area contributed by atoms with Gasteiger partial charge in [0.05, 0.1) is 28.9 Å². The number of hydrogen-bond donors (Lipinski definition) is 0. The summed E-state index contributed by atoms with van der Waals surface area (Å²) in [5, 5.41) is 4.32. The maximum Gasteiger partial charge on any atom is 0.341 e. The maximum atomic E-state index is 15.2. The van der Waals surface area contributed by atoms with Gasteiger partial charge in [0.25, 0.3) is 0 Å². The van der Waals surface area contributed by atoms with E-state index in [-0.39, 0.29) is 12.5 Å². The van der Waals surface area contributed by atoms with E-state index in [2.05, 4.69) is 10.1 Å². The normalized spacial score (nSPS) is 22.8. The molecule has 4 heterocycles. The Morgan fingerprint density at radius 1 is 1.16 bits per heavy atom. The Morgan fingerprint density at radius 3 is 2.72 bits per heavy atom. The molecule has 1 amide bonds. The number of likely N-dealkylation sites (tertiary alicyclic amines) is 1. The number of esters is 1. The lowest BCUT2D eigenvalue weighted by Crippen LogP contribution is -2.40. The van der Waals surface area contributed by atoms with Gasteiger partial charge >= 0.3 is 5.97 Å². The van der Waals surface area contributed by atoms with Crippen LogP contribution < -0.4 is 0 Å². The predicted octanol–water partition coefficient (Wildman–Crippen LogP) is 3.04. The lowest BCUT2D eigenvalue weighted by atomic mass is 9.92. The SMILES string of the molecule is Cc1ccn(-c2ccc(C3(C(=O)N4CCC5(C4)OC(=O)c4cnccc45)CC3)c(F)c2)n1. The number of benzene rings is 1. The van der Waals surface area contributed by atoms with E-state index in [0.29, 0.717) is 42.6 Å². The van der Waals surface area contributed by atoms with E-state index in [1.165, 1.54) is 12.3 Å². The minimum atomic E-state index is -0.849. The van der Waals surface area contributed by atoms with Gasteiger partial charge < -0.3 is 9.64 Å². The van der Waals surface area contributed by atoms with Gasteiger partial charge in [-0.15, -0.1) is 0 Å². The smallest absolute Gasteiger partial charge is 0.341 e. The molecule has 7 nitrogen and oxygen atoms in total. The summed E-state index contributed by atoms with van der Waals surface area (Å²) in [6.07, 6.45) is 6.66. The third-order valence-electron chi connectivity index (χ3n) is 6.95. The van der Waals surface area contributed by atoms with Crippen LogP contribution in [0.5, 0.6) is 0 Å². The van der Waals surface area contributed by atoms with Crippen molar-refractivity contribution in [2.24, 2.45) is 0 Å². The number of carbonyl (C=O) groups is 2. The largest absolute Gasteiger partial charge is 0.449 e. The Hall–Kier alpha value is -3.55. The first kappa shape index (κ1) is 19.2. The summed E-state index contributed by atoms with van der Waals surface area (Å²) < 4.78 is 22.5. The number of hydrogen-bond acceptors (Lipinski definition) is 5. The summed E-state index contributed by atoms with van der Waals surface area (Å²) >= 11 is 0. The number of fused-ring (bicyclic) bond motifs is 2. The number of pyridine rings is 1. The molecule has 2 fully saturated rings. The fourth-order valence-electron chi connectivity index (χ4n) is 5.12. The summed E-state index contributed by atoms with van der Waals surface area (Å²) in [5.41, 5.74) is 1.44. The third kappa shape index (κ3) is 2.65. The molecular weight excluding hydrogens is 411 g/mol. The van der Waals surface area contributed by atoms with Gasteiger partial charge in [-0.2, -0.15) is 5.10 Å². The quantitative estimate of drug-likeness (QED) is 0.595. The van der Waals surface area contributed by atoms with Crippen LogP contribution in [0, 0.1) is 12.7 Å². The fraction of sp³-hybridized carbons (Fsp3) is 0.333. The van der Waals surface area contributed by atoms with E-state index in [1.54, 1.807) is 40.2 Å². The molecular formula is C24H21FN4O3. The molecule has 32 heavy (non-hydrogen) atoms. The zero-order valence-corrected chi connectivity index (χ0v) is 17.5. The molecule has 1 saturated heterocycles. The van der Waals surface area contributed by atoms with Gasteiger partial charge in [0, 0.05) is 42.7 Å². The average Bonchev–Trinajstić information content (AvgIpc) is 3.15. The molecule has 1 atom stereocenters. The highest BCUT2D eigenvalue weighted by atomic mass is 19.1. The van der Waals surface area contributed by atoms with Crippen molar-refractivity contribution in [3.63, 3.8) is 0 Å². The van der Waals surface area contributed by atoms with Crippen LogP contribution in [0.15, 0.2) is 48.9 Å². The van der Waals surface area contributed by atoms with Gasteiger partial charge in [-0.3, -0.25) is 9.78 Å². The van der Waals surface area contributed by atoms with Gasteiger partial charge in [-0.05, 0) is 44.0 Å². The van der Waals surface area contributed by atoms with E-state index in [0.717, 1.165) is 11.3 Å². The average molecular weight is 432 g/mol. The van der Waals surface area contributed by atoms with Crippen molar-refractivity contribution in [2.45, 2.75) is 37.2 Å². The Morgan fingerprint density at radius 2 is 2.00 bits per heavy atom. The highest BCUT2D eigenvalue weighted by Crippen LogP contribution is 2.52. The van der Waals surface area contributed by atoms with E-state index in [4.69, 9.17) is 4.74 Å². The van der Waals surface area contributed by atoms with Crippen molar-refractivity contribution in [1.29, 1.82) is 0 Å². The molecule has 8 heteroatoms. The van der Waals surface area contributed by atoms with Gasteiger partial charge in [-0.1, -0.05) is 6.07 Å². The van der Waals surface area contributed by atoms with Crippen LogP contribution in [-0.4, -0.2) is 44.6 Å². The number of amides is 1. The summed E-state index contributed by atoms with van der Waals surface area (Å²) in [7, 11) is 0. The minimum Gasteiger partial charge on any atom is -0.449 e. The Labute approximate surface area is 183 Å². The molecule has 0 N–H and O–H groups in total. The zero-order chi connectivity index (χ0) is 22.1. The Kier molecular flexibility index (Phi) is 3.88. The molecule has 1 saturated carbocycles. The molecule has 2 aliphatic heterocycles. The Bertz CT molecular complexity index is 1280. The number of aromatic nitrogens is 3. The summed E-state index contributed by atoms with van der Waals surface area (Å²) in [6, 6.07) is 8.57. The predicted molar refractivity (Wildman–Crippen MR) is 112 cm³/mol. The van der Waals surface area contributed by atoms with Crippen LogP contribution in [0.2, 0.25) is 0 Å². The van der Waals surface area contributed by atoms with Crippen LogP contribution in [0.1, 0.15) is 46.4 Å². The first-order valence-electron chi connectivity index (χ1n) is 10.7. The van der Waals surface area contributed by atoms with Gasteiger partial charge in [-0.25, -0.2) is 13.9 Å². The molecule has 162 valence electrons. The van der Waals surface area contributed by atoms with Crippen molar-refractivity contribution in [2.75, 3.05) is 13.1 Å². The lowest BCUT2D eigenvalue weighted by Gasteiger charge is -2.27. The van der Waals surface area contributed by atoms with Crippen LogP contribution in [0.4, 0.5) is 4.39 Å². The third-order valence-corrected chi connectivity index (χ3v) is 6.95. The van der Waals surface area contributed by atoms with Crippen molar-refractivity contribution in [1.82, 2.24) is 19.7 Å². The molecule has 2 aromatic heterocycles. The second kappa shape index (κ2) is 6.48. The minimum absolute atomic E-state index is 0.102. The molecule has 3 aromatic rings. The molecule has 6 rings (SSSR count). The lowest BCUT2D eigenvalue weighted by molar-refractivity contribution is -0.134. The number of rotatable bonds is 3. The fourth-order valence-corrected chi connectivity index (χ4v) is 5.12. The van der Waals surface area contributed by atoms with Crippen LogP contribution in [-0.2, 0) is 20.5 Å². The van der Waals surface area contributed by atoms with Crippen molar-refractivity contribution in [3.05, 3.63) is 77.1 Å². The van der Waals surface area contributed by atoms with Crippen LogP contribution >= 0.6 is 0 Å². The van der Waals surface area contributed by atoms with Crippen LogP contribution in [0.3, 0.4) is 0 Å². The highest BCUT2D eigenvalue weighted by molar-refractivity contribution is 5.95. The first-order chi connectivity index (χ1) is 15.4. The van der Waals surface area contributed by atoms with Crippen molar-refractivity contribution in [3.8, 4) is 5.69 Å². The van der Waals surface area contributed by atoms with E-state index < -0.39 is 22.8 Å². The number of halogens is 1. The first-order valence-corrected chi connectivity index (χ1v) is 10.7. The molecule has 1 aliphatic carbocycles. The van der Waals surface area contributed by atoms with E-state index >= 15 is 4.39 Å². The topological polar surface area (TPSA) is 77.3 Å². The second-order valence-electron chi connectivity index (χ2n) is 8.93. The van der Waals surface area contributed by atoms with Gasteiger partial charge in [0.2, 0.25) is 5.91 Å². The summed E-state index contributed by atoms with van der Waals surface area (Å²) in [6.45, 7) is 2.61. The molecule has 1 spiro atoms.